The summed E-state index contributed by atoms with van der Waals surface area (Å²) in [6.45, 7) is 9.54. The third-order valence-electron chi connectivity index (χ3n) is 5.31. The van der Waals surface area contributed by atoms with Crippen molar-refractivity contribution < 1.29 is 19.7 Å². The predicted octanol–water partition coefficient (Wildman–Crippen LogP) is 1.33. The van der Waals surface area contributed by atoms with Crippen LogP contribution in [0.3, 0.4) is 0 Å². The van der Waals surface area contributed by atoms with Gasteiger partial charge in [0.05, 0.1) is 11.2 Å². The number of fused-ring (bicyclic) bond motifs is 2. The van der Waals surface area contributed by atoms with E-state index in [4.69, 9.17) is 4.74 Å². The van der Waals surface area contributed by atoms with Crippen LogP contribution in [-0.4, -0.2) is 33.5 Å². The second-order valence-corrected chi connectivity index (χ2v) is 6.45. The third kappa shape index (κ3) is 1.63. The van der Waals surface area contributed by atoms with Crippen molar-refractivity contribution >= 4 is 5.97 Å². The first-order valence-corrected chi connectivity index (χ1v) is 6.78. The number of hydrogen-bond donors (Lipinski definition) is 2. The zero-order valence-corrected chi connectivity index (χ0v) is 11.2. The van der Waals surface area contributed by atoms with Gasteiger partial charge in [-0.15, -0.1) is 0 Å². The van der Waals surface area contributed by atoms with Crippen molar-refractivity contribution in [3.8, 4) is 0 Å². The summed E-state index contributed by atoms with van der Waals surface area (Å²) in [6.07, 6.45) is 1.77. The van der Waals surface area contributed by atoms with Crippen molar-refractivity contribution in [1.29, 1.82) is 0 Å². The Morgan fingerprint density at radius 3 is 2.68 bits per heavy atom. The molecule has 1 heterocycles. The highest BCUT2D eigenvalue weighted by Crippen LogP contribution is 2.55. The number of aliphatic hydroxyl groups is 2. The lowest BCUT2D eigenvalue weighted by atomic mass is 9.76. The Balaban J connectivity index is 2.01. The topological polar surface area (TPSA) is 66.8 Å². The van der Waals surface area contributed by atoms with E-state index in [0.717, 1.165) is 0 Å². The summed E-state index contributed by atoms with van der Waals surface area (Å²) >= 11 is 0. The monoisotopic (exact) mass is 264 g/mol. The highest BCUT2D eigenvalue weighted by Gasteiger charge is 2.59. The zero-order chi connectivity index (χ0) is 14.0. The molecular weight excluding hydrogens is 244 g/mol. The van der Waals surface area contributed by atoms with E-state index in [1.807, 2.05) is 0 Å². The van der Waals surface area contributed by atoms with E-state index >= 15 is 0 Å². The van der Waals surface area contributed by atoms with E-state index in [0.29, 0.717) is 36.8 Å². The van der Waals surface area contributed by atoms with E-state index in [2.05, 4.69) is 13.2 Å². The highest BCUT2D eigenvalue weighted by atomic mass is 16.6. The normalized spacial score (nSPS) is 49.6. The van der Waals surface area contributed by atoms with Crippen molar-refractivity contribution in [1.82, 2.24) is 0 Å². The van der Waals surface area contributed by atoms with Crippen molar-refractivity contribution in [2.75, 3.05) is 0 Å². The average molecular weight is 264 g/mol. The van der Waals surface area contributed by atoms with Crippen LogP contribution in [0.15, 0.2) is 24.3 Å². The summed E-state index contributed by atoms with van der Waals surface area (Å²) in [4.78, 5) is 11.6. The van der Waals surface area contributed by atoms with Crippen LogP contribution in [-0.2, 0) is 9.53 Å². The standard InChI is InChI=1S/C15H20O4/c1-8-6-11-10(9(2)13(16)19-11)7-12-14(3,17)4-5-15(8,12)18/h10-12,17-18H,1-2,4-7H2,3H3/t10-,11+,12+,14+,15+/m1/s1. The summed E-state index contributed by atoms with van der Waals surface area (Å²) in [7, 11) is 0. The minimum absolute atomic E-state index is 0.118. The van der Waals surface area contributed by atoms with Gasteiger partial charge >= 0.3 is 5.97 Å². The molecule has 0 unspecified atom stereocenters. The third-order valence-corrected chi connectivity index (χ3v) is 5.31. The molecule has 5 atom stereocenters. The first-order chi connectivity index (χ1) is 8.75. The lowest BCUT2D eigenvalue weighted by Gasteiger charge is -2.35. The molecule has 0 aromatic heterocycles. The summed E-state index contributed by atoms with van der Waals surface area (Å²) in [5.74, 6) is -0.785. The van der Waals surface area contributed by atoms with Crippen molar-refractivity contribution in [3.63, 3.8) is 0 Å². The molecular formula is C15H20O4. The Bertz CT molecular complexity index is 479. The van der Waals surface area contributed by atoms with E-state index in [1.54, 1.807) is 6.92 Å². The van der Waals surface area contributed by atoms with Gasteiger partial charge in [0, 0.05) is 23.8 Å². The Labute approximate surface area is 112 Å². The molecule has 0 aromatic carbocycles. The van der Waals surface area contributed by atoms with E-state index < -0.39 is 11.2 Å². The van der Waals surface area contributed by atoms with Gasteiger partial charge in [-0.25, -0.2) is 4.79 Å². The molecule has 0 spiro atoms. The van der Waals surface area contributed by atoms with Gasteiger partial charge in [0.25, 0.3) is 0 Å². The zero-order valence-electron chi connectivity index (χ0n) is 11.2. The van der Waals surface area contributed by atoms with Crippen molar-refractivity contribution in [3.05, 3.63) is 24.3 Å². The van der Waals surface area contributed by atoms with Gasteiger partial charge in [0.15, 0.2) is 0 Å². The number of ether oxygens (including phenoxy) is 1. The van der Waals surface area contributed by atoms with Crippen LogP contribution in [0.1, 0.15) is 32.6 Å². The fourth-order valence-electron chi connectivity index (χ4n) is 4.00. The Morgan fingerprint density at radius 1 is 1.32 bits per heavy atom. The maximum atomic E-state index is 11.6. The number of carbonyl (C=O) groups excluding carboxylic acids is 1. The summed E-state index contributed by atoms with van der Waals surface area (Å²) in [6, 6.07) is 0. The van der Waals surface area contributed by atoms with Gasteiger partial charge in [-0.3, -0.25) is 0 Å². The van der Waals surface area contributed by atoms with Crippen LogP contribution in [0.25, 0.3) is 0 Å². The van der Waals surface area contributed by atoms with Gasteiger partial charge < -0.3 is 14.9 Å². The molecule has 2 N–H and O–H groups in total. The number of hydrogen-bond acceptors (Lipinski definition) is 4. The van der Waals surface area contributed by atoms with Crippen LogP contribution in [0.2, 0.25) is 0 Å². The molecule has 2 saturated carbocycles. The largest absolute Gasteiger partial charge is 0.458 e. The van der Waals surface area contributed by atoms with Crippen LogP contribution < -0.4 is 0 Å². The quantitative estimate of drug-likeness (QED) is 0.393. The lowest BCUT2D eigenvalue weighted by Crippen LogP contribution is -2.43. The van der Waals surface area contributed by atoms with E-state index in [1.165, 1.54) is 0 Å². The van der Waals surface area contributed by atoms with Gasteiger partial charge in [-0.05, 0) is 31.8 Å². The Morgan fingerprint density at radius 2 is 2.00 bits per heavy atom. The molecule has 0 amide bonds. The molecule has 19 heavy (non-hydrogen) atoms. The molecule has 2 aliphatic carbocycles. The summed E-state index contributed by atoms with van der Waals surface area (Å²) < 4.78 is 5.31. The molecule has 4 heteroatoms. The minimum Gasteiger partial charge on any atom is -0.458 e. The van der Waals surface area contributed by atoms with Crippen molar-refractivity contribution in [2.45, 2.75) is 49.9 Å². The maximum absolute atomic E-state index is 11.6. The first kappa shape index (κ1) is 12.9. The van der Waals surface area contributed by atoms with Gasteiger partial charge in [-0.2, -0.15) is 0 Å². The van der Waals surface area contributed by atoms with Crippen molar-refractivity contribution in [2.24, 2.45) is 11.8 Å². The molecule has 0 aromatic rings. The van der Waals surface area contributed by atoms with Crippen LogP contribution >= 0.6 is 0 Å². The molecule has 1 saturated heterocycles. The SMILES string of the molecule is C=C1C(=O)O[C@H]2CC(=C)[C@@]3(O)CC[C@](C)(O)[C@@H]3C[C@H]12. The second kappa shape index (κ2) is 3.70. The number of carbonyl (C=O) groups is 1. The van der Waals surface area contributed by atoms with Gasteiger partial charge in [-0.1, -0.05) is 13.2 Å². The van der Waals surface area contributed by atoms with Gasteiger partial charge in [0.2, 0.25) is 0 Å². The van der Waals surface area contributed by atoms with E-state index in [9.17, 15) is 15.0 Å². The summed E-state index contributed by atoms with van der Waals surface area (Å²) in [5.41, 5.74) is -0.839. The maximum Gasteiger partial charge on any atom is 0.334 e. The average Bonchev–Trinajstić information content (AvgIpc) is 2.67. The van der Waals surface area contributed by atoms with Crippen LogP contribution in [0.5, 0.6) is 0 Å². The molecule has 3 aliphatic rings. The molecule has 4 nitrogen and oxygen atoms in total. The summed E-state index contributed by atoms with van der Waals surface area (Å²) in [5, 5.41) is 21.4. The lowest BCUT2D eigenvalue weighted by molar-refractivity contribution is -0.139. The predicted molar refractivity (Wildman–Crippen MR) is 69.2 cm³/mol. The van der Waals surface area contributed by atoms with Gasteiger partial charge in [0.1, 0.15) is 6.10 Å². The molecule has 3 rings (SSSR count). The Kier molecular flexibility index (Phi) is 2.51. The fourth-order valence-corrected chi connectivity index (χ4v) is 4.00. The minimum atomic E-state index is -1.04. The number of rotatable bonds is 0. The van der Waals surface area contributed by atoms with E-state index in [-0.39, 0.29) is 23.9 Å². The van der Waals surface area contributed by atoms with Crippen LogP contribution in [0, 0.1) is 11.8 Å². The molecule has 3 fully saturated rings. The highest BCUT2D eigenvalue weighted by molar-refractivity contribution is 5.90. The molecule has 0 radical (unpaired) electrons. The fraction of sp³-hybridized carbons (Fsp3) is 0.667. The first-order valence-electron chi connectivity index (χ1n) is 6.78. The number of esters is 1. The van der Waals surface area contributed by atoms with Crippen LogP contribution in [0.4, 0.5) is 0 Å². The molecule has 104 valence electrons. The molecule has 0 bridgehead atoms. The molecule has 1 aliphatic heterocycles. The smallest absolute Gasteiger partial charge is 0.334 e. The Hall–Kier alpha value is -1.13. The second-order valence-electron chi connectivity index (χ2n) is 6.45.